The number of piperazine rings is 1. The van der Waals surface area contributed by atoms with Crippen LogP contribution in [-0.2, 0) is 11.3 Å². The standard InChI is InChI=1S/C18H30N6O.HI/c1-7-19-17(21-10-15-8-9-20-14(4)22-15)23-11-16(25)24(13(2)3)18(5,6)12-23;/h8-9,13H,7,10-12H2,1-6H3,(H,19,21);1H. The zero-order chi connectivity index (χ0) is 18.6. The highest BCUT2D eigenvalue weighted by Gasteiger charge is 2.40. The summed E-state index contributed by atoms with van der Waals surface area (Å²) in [5, 5.41) is 3.30. The predicted molar refractivity (Wildman–Crippen MR) is 115 cm³/mol. The molecule has 1 aromatic heterocycles. The van der Waals surface area contributed by atoms with Crippen LogP contribution in [0.4, 0.5) is 0 Å². The number of carbonyl (C=O) groups is 1. The first kappa shape index (κ1) is 22.6. The van der Waals surface area contributed by atoms with Crippen molar-refractivity contribution in [2.75, 3.05) is 19.6 Å². The number of halogens is 1. The van der Waals surface area contributed by atoms with Crippen molar-refractivity contribution in [3.63, 3.8) is 0 Å². The van der Waals surface area contributed by atoms with E-state index < -0.39 is 0 Å². The van der Waals surface area contributed by atoms with Gasteiger partial charge in [-0.3, -0.25) is 4.79 Å². The lowest BCUT2D eigenvalue weighted by Crippen LogP contribution is -2.66. The summed E-state index contributed by atoms with van der Waals surface area (Å²) in [7, 11) is 0. The molecular formula is C18H31IN6O. The Morgan fingerprint density at radius 1 is 1.42 bits per heavy atom. The summed E-state index contributed by atoms with van der Waals surface area (Å²) in [6, 6.07) is 2.06. The number of aryl methyl sites for hydroxylation is 1. The molecule has 146 valence electrons. The Kier molecular flexibility index (Phi) is 8.23. The highest BCUT2D eigenvalue weighted by atomic mass is 127. The molecule has 1 amide bonds. The molecule has 1 fully saturated rings. The third-order valence-corrected chi connectivity index (χ3v) is 4.20. The molecule has 0 spiro atoms. The number of rotatable bonds is 4. The predicted octanol–water partition coefficient (Wildman–Crippen LogP) is 2.20. The monoisotopic (exact) mass is 474 g/mol. The van der Waals surface area contributed by atoms with Gasteiger partial charge in [-0.2, -0.15) is 0 Å². The second-order valence-electron chi connectivity index (χ2n) is 7.29. The molecule has 2 rings (SSSR count). The third-order valence-electron chi connectivity index (χ3n) is 4.20. The zero-order valence-electron chi connectivity index (χ0n) is 16.6. The fourth-order valence-electron chi connectivity index (χ4n) is 3.49. The molecule has 0 unspecified atom stereocenters. The van der Waals surface area contributed by atoms with E-state index in [9.17, 15) is 4.79 Å². The van der Waals surface area contributed by atoms with Gasteiger partial charge < -0.3 is 15.1 Å². The van der Waals surface area contributed by atoms with E-state index in [4.69, 9.17) is 0 Å². The lowest BCUT2D eigenvalue weighted by molar-refractivity contribution is -0.145. The molecule has 0 saturated carbocycles. The lowest BCUT2D eigenvalue weighted by Gasteiger charge is -2.49. The summed E-state index contributed by atoms with van der Waals surface area (Å²) in [5.41, 5.74) is 0.625. The van der Waals surface area contributed by atoms with E-state index in [1.165, 1.54) is 0 Å². The Balaban J connectivity index is 0.00000338. The maximum Gasteiger partial charge on any atom is 0.242 e. The van der Waals surface area contributed by atoms with Gasteiger partial charge in [-0.15, -0.1) is 24.0 Å². The largest absolute Gasteiger partial charge is 0.356 e. The van der Waals surface area contributed by atoms with Crippen LogP contribution < -0.4 is 5.32 Å². The van der Waals surface area contributed by atoms with Crippen molar-refractivity contribution < 1.29 is 4.79 Å². The van der Waals surface area contributed by atoms with Crippen molar-refractivity contribution in [1.82, 2.24) is 25.1 Å². The fourth-order valence-corrected chi connectivity index (χ4v) is 3.49. The summed E-state index contributed by atoms with van der Waals surface area (Å²) >= 11 is 0. The molecule has 1 aliphatic rings. The van der Waals surface area contributed by atoms with Crippen LogP contribution >= 0.6 is 24.0 Å². The Labute approximate surface area is 173 Å². The minimum Gasteiger partial charge on any atom is -0.356 e. The maximum atomic E-state index is 12.7. The van der Waals surface area contributed by atoms with Crippen molar-refractivity contribution in [3.8, 4) is 0 Å². The third kappa shape index (κ3) is 5.52. The number of nitrogens with zero attached hydrogens (tertiary/aromatic N) is 5. The van der Waals surface area contributed by atoms with Gasteiger partial charge in [0.1, 0.15) is 5.82 Å². The topological polar surface area (TPSA) is 73.7 Å². The van der Waals surface area contributed by atoms with Crippen molar-refractivity contribution in [3.05, 3.63) is 23.8 Å². The zero-order valence-corrected chi connectivity index (χ0v) is 18.9. The molecule has 1 saturated heterocycles. The molecule has 1 aromatic rings. The van der Waals surface area contributed by atoms with E-state index in [1.54, 1.807) is 6.20 Å². The number of guanidine groups is 1. The Hall–Kier alpha value is -1.45. The van der Waals surface area contributed by atoms with Gasteiger partial charge >= 0.3 is 0 Å². The van der Waals surface area contributed by atoms with E-state index >= 15 is 0 Å². The molecule has 0 aromatic carbocycles. The molecule has 26 heavy (non-hydrogen) atoms. The smallest absolute Gasteiger partial charge is 0.242 e. The van der Waals surface area contributed by atoms with Crippen molar-refractivity contribution in [2.45, 2.75) is 59.7 Å². The van der Waals surface area contributed by atoms with Crippen LogP contribution in [0.25, 0.3) is 0 Å². The molecule has 0 radical (unpaired) electrons. The van der Waals surface area contributed by atoms with Gasteiger partial charge in [-0.05, 0) is 47.6 Å². The number of aromatic nitrogens is 2. The van der Waals surface area contributed by atoms with Gasteiger partial charge in [0.15, 0.2) is 5.96 Å². The maximum absolute atomic E-state index is 12.7. The van der Waals surface area contributed by atoms with E-state index in [2.05, 4.69) is 48.0 Å². The number of aliphatic imine (C=N–C) groups is 1. The van der Waals surface area contributed by atoms with Crippen molar-refractivity contribution in [1.29, 1.82) is 0 Å². The molecule has 1 aliphatic heterocycles. The van der Waals surface area contributed by atoms with Gasteiger partial charge in [0.05, 0.1) is 24.3 Å². The molecule has 0 aliphatic carbocycles. The van der Waals surface area contributed by atoms with E-state index in [1.807, 2.05) is 29.7 Å². The molecular weight excluding hydrogens is 443 g/mol. The highest BCUT2D eigenvalue weighted by molar-refractivity contribution is 14.0. The fraction of sp³-hybridized carbons (Fsp3) is 0.667. The first-order valence-corrected chi connectivity index (χ1v) is 8.88. The summed E-state index contributed by atoms with van der Waals surface area (Å²) in [5.74, 6) is 1.62. The molecule has 8 heteroatoms. The lowest BCUT2D eigenvalue weighted by atomic mass is 9.96. The van der Waals surface area contributed by atoms with Gasteiger partial charge in [0.2, 0.25) is 5.91 Å². The minimum atomic E-state index is -0.245. The quantitative estimate of drug-likeness (QED) is 0.412. The van der Waals surface area contributed by atoms with Crippen molar-refractivity contribution >= 4 is 35.8 Å². The highest BCUT2D eigenvalue weighted by Crippen LogP contribution is 2.24. The van der Waals surface area contributed by atoms with Crippen LogP contribution in [0.2, 0.25) is 0 Å². The van der Waals surface area contributed by atoms with E-state index in [-0.39, 0.29) is 41.5 Å². The second kappa shape index (κ2) is 9.48. The number of nitrogens with one attached hydrogen (secondary N) is 1. The first-order chi connectivity index (χ1) is 11.7. The van der Waals surface area contributed by atoms with Gasteiger partial charge in [0.25, 0.3) is 0 Å². The van der Waals surface area contributed by atoms with E-state index in [0.29, 0.717) is 13.1 Å². The Bertz CT molecular complexity index is 646. The van der Waals surface area contributed by atoms with Gasteiger partial charge in [-0.25, -0.2) is 15.0 Å². The molecule has 7 nitrogen and oxygen atoms in total. The van der Waals surface area contributed by atoms with Crippen LogP contribution in [0.5, 0.6) is 0 Å². The number of carbonyl (C=O) groups excluding carboxylic acids is 1. The summed E-state index contributed by atoms with van der Waals surface area (Å²) in [6.07, 6.45) is 1.74. The Morgan fingerprint density at radius 2 is 2.12 bits per heavy atom. The van der Waals surface area contributed by atoms with Crippen LogP contribution in [0.3, 0.4) is 0 Å². The summed E-state index contributed by atoms with van der Waals surface area (Å²) < 4.78 is 0. The summed E-state index contributed by atoms with van der Waals surface area (Å²) in [6.45, 7) is 14.5. The van der Waals surface area contributed by atoms with Gasteiger partial charge in [-0.1, -0.05) is 0 Å². The molecule has 2 heterocycles. The normalized spacial score (nSPS) is 17.3. The van der Waals surface area contributed by atoms with Crippen LogP contribution in [0.1, 0.15) is 46.1 Å². The second-order valence-corrected chi connectivity index (χ2v) is 7.29. The number of hydrogen-bond acceptors (Lipinski definition) is 4. The first-order valence-electron chi connectivity index (χ1n) is 8.88. The average molecular weight is 474 g/mol. The van der Waals surface area contributed by atoms with E-state index in [0.717, 1.165) is 30.6 Å². The Morgan fingerprint density at radius 3 is 2.65 bits per heavy atom. The average Bonchev–Trinajstić information content (AvgIpc) is 2.49. The SMILES string of the molecule is CCNC(=NCc1ccnc(C)n1)N1CC(=O)N(C(C)C)C(C)(C)C1.I. The van der Waals surface area contributed by atoms with Crippen LogP contribution in [0, 0.1) is 6.92 Å². The molecule has 0 atom stereocenters. The van der Waals surface area contributed by atoms with Crippen LogP contribution in [-0.4, -0.2) is 62.8 Å². The number of hydrogen-bond donors (Lipinski definition) is 1. The van der Waals surface area contributed by atoms with Crippen molar-refractivity contribution in [2.24, 2.45) is 4.99 Å². The number of amides is 1. The van der Waals surface area contributed by atoms with Gasteiger partial charge in [0, 0.05) is 25.3 Å². The summed E-state index contributed by atoms with van der Waals surface area (Å²) in [4.78, 5) is 29.9. The van der Waals surface area contributed by atoms with Crippen LogP contribution in [0.15, 0.2) is 17.3 Å². The molecule has 1 N–H and O–H groups in total. The molecule has 0 bridgehead atoms. The minimum absolute atomic E-state index is 0.